The van der Waals surface area contributed by atoms with Crippen molar-refractivity contribution in [3.8, 4) is 44.5 Å². The fourth-order valence-corrected chi connectivity index (χ4v) is 8.98. The molecule has 0 saturated heterocycles. The highest BCUT2D eigenvalue weighted by Gasteiger charge is 2.30. The van der Waals surface area contributed by atoms with Crippen molar-refractivity contribution >= 4 is 32.3 Å². The third-order valence-corrected chi connectivity index (χ3v) is 12.6. The van der Waals surface area contributed by atoms with E-state index < -0.39 is 23.3 Å². The van der Waals surface area contributed by atoms with E-state index in [4.69, 9.17) is 0 Å². The Balaban J connectivity index is 1.77. The van der Waals surface area contributed by atoms with Gasteiger partial charge in [-0.1, -0.05) is 156 Å². The SMILES string of the molecule is CC(C)(C)c1ccc(-c2c3ccc(C(C)(C)C)cc3c(-c3ccc(F)cc3F)c3c(-c4ccc(C(C)(C)C)cc4)c4ccc(C(C)(C)C)cc4c(-c4ccc(F)cc4F)c23)cc1. The standard InChI is InChI=1S/C58H56F4/c1-55(2,3)35-17-13-33(14-18-35)49-41-25-21-37(57(7,8)9)29-45(41)52(44-28-24-40(60)32-48(44)62)54-50(34-15-19-36(20-16-34)56(4,5)6)42-26-22-38(58(10,11)12)30-46(42)51(53(49)54)43-27-23-39(59)31-47(43)61/h13-32H,1-12H3. The number of halogens is 4. The normalized spacial score (nSPS) is 12.8. The fraction of sp³-hybridized carbons (Fsp3) is 0.276. The lowest BCUT2D eigenvalue weighted by atomic mass is 9.75. The molecule has 0 saturated carbocycles. The van der Waals surface area contributed by atoms with Crippen molar-refractivity contribution in [1.29, 1.82) is 0 Å². The first-order valence-electron chi connectivity index (χ1n) is 21.6. The second-order valence-corrected chi connectivity index (χ2v) is 21.2. The lowest BCUT2D eigenvalue weighted by Crippen LogP contribution is -2.12. The van der Waals surface area contributed by atoms with Gasteiger partial charge in [0.2, 0.25) is 0 Å². The third-order valence-electron chi connectivity index (χ3n) is 12.6. The van der Waals surface area contributed by atoms with Gasteiger partial charge in [-0.15, -0.1) is 0 Å². The zero-order chi connectivity index (χ0) is 44.8. The highest BCUT2D eigenvalue weighted by atomic mass is 19.1. The number of hydrogen-bond donors (Lipinski definition) is 0. The third kappa shape index (κ3) is 7.61. The molecule has 0 spiro atoms. The average molecular weight is 829 g/mol. The van der Waals surface area contributed by atoms with Crippen LogP contribution in [0.1, 0.15) is 105 Å². The summed E-state index contributed by atoms with van der Waals surface area (Å²) in [7, 11) is 0. The molecule has 0 N–H and O–H groups in total. The number of benzene rings is 8. The predicted octanol–water partition coefficient (Wildman–Crippen LogP) is 17.6. The van der Waals surface area contributed by atoms with Crippen molar-refractivity contribution in [2.24, 2.45) is 0 Å². The number of fused-ring (bicyclic) bond motifs is 3. The Morgan fingerprint density at radius 1 is 0.290 bits per heavy atom. The van der Waals surface area contributed by atoms with Gasteiger partial charge in [-0.3, -0.25) is 0 Å². The van der Waals surface area contributed by atoms with Gasteiger partial charge in [0.1, 0.15) is 23.3 Å². The molecule has 0 aliphatic heterocycles. The minimum Gasteiger partial charge on any atom is -0.207 e. The maximum atomic E-state index is 16.9. The molecular formula is C58H56F4. The summed E-state index contributed by atoms with van der Waals surface area (Å²) >= 11 is 0. The van der Waals surface area contributed by atoms with Gasteiger partial charge in [0, 0.05) is 34.4 Å². The highest BCUT2D eigenvalue weighted by molar-refractivity contribution is 6.34. The van der Waals surface area contributed by atoms with Crippen molar-refractivity contribution in [2.75, 3.05) is 0 Å². The van der Waals surface area contributed by atoms with Crippen LogP contribution in [0.5, 0.6) is 0 Å². The van der Waals surface area contributed by atoms with Crippen molar-refractivity contribution in [3.05, 3.63) is 167 Å². The molecule has 0 radical (unpaired) electrons. The van der Waals surface area contributed by atoms with Crippen molar-refractivity contribution in [1.82, 2.24) is 0 Å². The molecule has 8 aromatic rings. The van der Waals surface area contributed by atoms with Crippen LogP contribution >= 0.6 is 0 Å². The Morgan fingerprint density at radius 2 is 0.597 bits per heavy atom. The highest BCUT2D eigenvalue weighted by Crippen LogP contribution is 2.55. The second-order valence-electron chi connectivity index (χ2n) is 21.2. The van der Waals surface area contributed by atoms with Gasteiger partial charge in [-0.2, -0.15) is 0 Å². The van der Waals surface area contributed by atoms with E-state index in [9.17, 15) is 8.78 Å². The van der Waals surface area contributed by atoms with E-state index in [2.05, 4.69) is 168 Å². The maximum Gasteiger partial charge on any atom is 0.133 e. The van der Waals surface area contributed by atoms with E-state index in [1.165, 1.54) is 24.3 Å². The first kappa shape index (κ1) is 42.9. The summed E-state index contributed by atoms with van der Waals surface area (Å²) in [6.07, 6.45) is 0. The summed E-state index contributed by atoms with van der Waals surface area (Å²) in [5.41, 5.74) is 8.67. The Labute approximate surface area is 364 Å². The van der Waals surface area contributed by atoms with Crippen LogP contribution in [0.2, 0.25) is 0 Å². The molecule has 8 rings (SSSR count). The molecule has 0 aliphatic rings. The van der Waals surface area contributed by atoms with Crippen LogP contribution in [0, 0.1) is 23.3 Å². The van der Waals surface area contributed by atoms with Gasteiger partial charge in [0.25, 0.3) is 0 Å². The Bertz CT molecular complexity index is 2840. The summed E-state index contributed by atoms with van der Waals surface area (Å²) in [6.45, 7) is 26.0. The van der Waals surface area contributed by atoms with Crippen LogP contribution < -0.4 is 0 Å². The molecule has 0 atom stereocenters. The van der Waals surface area contributed by atoms with Crippen molar-refractivity contribution in [3.63, 3.8) is 0 Å². The molecule has 0 unspecified atom stereocenters. The Kier molecular flexibility index (Phi) is 10.4. The molecule has 0 heterocycles. The fourth-order valence-electron chi connectivity index (χ4n) is 8.98. The molecule has 0 aliphatic carbocycles. The Hall–Kier alpha value is -5.74. The molecule has 62 heavy (non-hydrogen) atoms. The van der Waals surface area contributed by atoms with Crippen LogP contribution in [0.15, 0.2) is 121 Å². The van der Waals surface area contributed by atoms with Crippen LogP contribution in [-0.2, 0) is 21.7 Å². The van der Waals surface area contributed by atoms with Gasteiger partial charge < -0.3 is 0 Å². The first-order chi connectivity index (χ1) is 28.9. The van der Waals surface area contributed by atoms with Gasteiger partial charge in [-0.05, 0) is 135 Å². The van der Waals surface area contributed by atoms with Gasteiger partial charge >= 0.3 is 0 Å². The van der Waals surface area contributed by atoms with Gasteiger partial charge in [0.05, 0.1) is 0 Å². The summed E-state index contributed by atoms with van der Waals surface area (Å²) in [5.74, 6) is -2.78. The topological polar surface area (TPSA) is 0 Å². The summed E-state index contributed by atoms with van der Waals surface area (Å²) < 4.78 is 63.8. The van der Waals surface area contributed by atoms with E-state index in [-0.39, 0.29) is 32.8 Å². The molecule has 0 bridgehead atoms. The molecule has 316 valence electrons. The minimum atomic E-state index is -0.706. The van der Waals surface area contributed by atoms with Crippen LogP contribution in [0.25, 0.3) is 76.8 Å². The lowest BCUT2D eigenvalue weighted by Gasteiger charge is -2.28. The first-order valence-corrected chi connectivity index (χ1v) is 21.6. The minimum absolute atomic E-state index is 0.122. The largest absolute Gasteiger partial charge is 0.207 e. The molecule has 0 nitrogen and oxygen atoms in total. The molecule has 4 heteroatoms. The van der Waals surface area contributed by atoms with E-state index in [0.717, 1.165) is 78.2 Å². The number of rotatable bonds is 4. The Morgan fingerprint density at radius 3 is 0.887 bits per heavy atom. The van der Waals surface area contributed by atoms with Crippen molar-refractivity contribution in [2.45, 2.75) is 105 Å². The summed E-state index contributed by atoms with van der Waals surface area (Å²) in [6, 6.07) is 37.4. The maximum absolute atomic E-state index is 16.9. The quantitative estimate of drug-likeness (QED) is 0.122. The van der Waals surface area contributed by atoms with E-state index in [0.29, 0.717) is 21.9 Å². The van der Waals surface area contributed by atoms with Crippen LogP contribution in [0.3, 0.4) is 0 Å². The smallest absolute Gasteiger partial charge is 0.133 e. The average Bonchev–Trinajstić information content (AvgIpc) is 3.18. The summed E-state index contributed by atoms with van der Waals surface area (Å²) in [5, 5.41) is 4.63. The van der Waals surface area contributed by atoms with Gasteiger partial charge in [-0.25, -0.2) is 17.6 Å². The second kappa shape index (κ2) is 15.0. The monoisotopic (exact) mass is 828 g/mol. The number of hydrogen-bond acceptors (Lipinski definition) is 0. The van der Waals surface area contributed by atoms with Gasteiger partial charge in [0.15, 0.2) is 0 Å². The molecular weight excluding hydrogens is 773 g/mol. The molecule has 0 amide bonds. The molecule has 8 aromatic carbocycles. The lowest BCUT2D eigenvalue weighted by molar-refractivity contribution is 0.585. The zero-order valence-electron chi connectivity index (χ0n) is 38.1. The zero-order valence-corrected chi connectivity index (χ0v) is 38.1. The van der Waals surface area contributed by atoms with Crippen molar-refractivity contribution < 1.29 is 17.6 Å². The van der Waals surface area contributed by atoms with E-state index in [1.807, 2.05) is 0 Å². The summed E-state index contributed by atoms with van der Waals surface area (Å²) in [4.78, 5) is 0. The predicted molar refractivity (Wildman–Crippen MR) is 255 cm³/mol. The molecule has 0 aromatic heterocycles. The van der Waals surface area contributed by atoms with Crippen LogP contribution in [0.4, 0.5) is 17.6 Å². The van der Waals surface area contributed by atoms with E-state index >= 15 is 8.78 Å². The van der Waals surface area contributed by atoms with Crippen LogP contribution in [-0.4, -0.2) is 0 Å². The van der Waals surface area contributed by atoms with E-state index in [1.54, 1.807) is 0 Å². The molecule has 0 fully saturated rings.